The Balaban J connectivity index is 1.70. The third-order valence-electron chi connectivity index (χ3n) is 4.43. The Hall–Kier alpha value is -2.28. The van der Waals surface area contributed by atoms with Crippen molar-refractivity contribution in [1.82, 2.24) is 15.5 Å². The molecule has 1 atom stereocenters. The highest BCUT2D eigenvalue weighted by Gasteiger charge is 2.50. The standard InChI is InChI=1S/C19H16Cl3N3O3/c1-19(14-6-5-13(21)8-15(14)22)17(27)25(18(28)24-19)10-16(26)23-9-11-3-2-4-12(20)7-11/h2-8H,9-10H2,1H3,(H,23,26)(H,24,28). The molecule has 0 bridgehead atoms. The largest absolute Gasteiger partial charge is 0.350 e. The van der Waals surface area contributed by atoms with E-state index in [-0.39, 0.29) is 11.6 Å². The number of carbonyl (C=O) groups is 3. The van der Waals surface area contributed by atoms with E-state index in [0.717, 1.165) is 10.5 Å². The zero-order valence-corrected chi connectivity index (χ0v) is 17.0. The van der Waals surface area contributed by atoms with Crippen LogP contribution in [0.5, 0.6) is 0 Å². The number of carbonyl (C=O) groups excluding carboxylic acids is 3. The first-order chi connectivity index (χ1) is 13.2. The van der Waals surface area contributed by atoms with Gasteiger partial charge in [0.15, 0.2) is 0 Å². The van der Waals surface area contributed by atoms with Crippen molar-refractivity contribution in [2.45, 2.75) is 19.0 Å². The lowest BCUT2D eigenvalue weighted by Crippen LogP contribution is -2.43. The van der Waals surface area contributed by atoms with Crippen LogP contribution < -0.4 is 10.6 Å². The van der Waals surface area contributed by atoms with Gasteiger partial charge in [-0.25, -0.2) is 4.79 Å². The molecule has 0 aliphatic carbocycles. The topological polar surface area (TPSA) is 78.5 Å². The molecule has 146 valence electrons. The van der Waals surface area contributed by atoms with Crippen LogP contribution >= 0.6 is 34.8 Å². The summed E-state index contributed by atoms with van der Waals surface area (Å²) in [4.78, 5) is 38.3. The number of imide groups is 1. The molecule has 28 heavy (non-hydrogen) atoms. The Morgan fingerprint density at radius 3 is 2.50 bits per heavy atom. The van der Waals surface area contributed by atoms with Crippen LogP contribution in [0.4, 0.5) is 4.79 Å². The minimum atomic E-state index is -1.38. The van der Waals surface area contributed by atoms with Gasteiger partial charge >= 0.3 is 6.03 Å². The lowest BCUT2D eigenvalue weighted by molar-refractivity contribution is -0.134. The van der Waals surface area contributed by atoms with Crippen molar-refractivity contribution in [2.24, 2.45) is 0 Å². The van der Waals surface area contributed by atoms with Crippen molar-refractivity contribution in [3.8, 4) is 0 Å². The van der Waals surface area contributed by atoms with Crippen LogP contribution in [0, 0.1) is 0 Å². The van der Waals surface area contributed by atoms with E-state index in [0.29, 0.717) is 15.6 Å². The Morgan fingerprint density at radius 1 is 1.11 bits per heavy atom. The van der Waals surface area contributed by atoms with Gasteiger partial charge in [0.2, 0.25) is 5.91 Å². The van der Waals surface area contributed by atoms with Gasteiger partial charge in [0, 0.05) is 27.2 Å². The van der Waals surface area contributed by atoms with Crippen molar-refractivity contribution in [3.05, 3.63) is 68.7 Å². The first-order valence-electron chi connectivity index (χ1n) is 8.31. The quantitative estimate of drug-likeness (QED) is 0.695. The normalized spacial score (nSPS) is 18.9. The minimum absolute atomic E-state index is 0.226. The molecule has 0 aromatic heterocycles. The lowest BCUT2D eigenvalue weighted by Gasteiger charge is -2.23. The van der Waals surface area contributed by atoms with E-state index in [1.54, 1.807) is 36.4 Å². The van der Waals surface area contributed by atoms with Crippen LogP contribution in [0.3, 0.4) is 0 Å². The highest BCUT2D eigenvalue weighted by molar-refractivity contribution is 6.35. The fourth-order valence-electron chi connectivity index (χ4n) is 2.97. The molecule has 3 rings (SSSR count). The Bertz CT molecular complexity index is 966. The summed E-state index contributed by atoms with van der Waals surface area (Å²) in [6, 6.07) is 11.0. The highest BCUT2D eigenvalue weighted by Crippen LogP contribution is 2.34. The Kier molecular flexibility index (Phi) is 5.84. The number of hydrogen-bond donors (Lipinski definition) is 2. The molecule has 1 aliphatic heterocycles. The number of hydrogen-bond acceptors (Lipinski definition) is 3. The van der Waals surface area contributed by atoms with E-state index in [2.05, 4.69) is 10.6 Å². The fourth-order valence-corrected chi connectivity index (χ4v) is 3.78. The van der Waals surface area contributed by atoms with Crippen LogP contribution in [-0.2, 0) is 21.7 Å². The van der Waals surface area contributed by atoms with E-state index in [9.17, 15) is 14.4 Å². The predicted molar refractivity (Wildman–Crippen MR) is 107 cm³/mol. The van der Waals surface area contributed by atoms with Gasteiger partial charge < -0.3 is 10.6 Å². The van der Waals surface area contributed by atoms with E-state index in [1.165, 1.54) is 13.0 Å². The number of nitrogens with zero attached hydrogens (tertiary/aromatic N) is 1. The lowest BCUT2D eigenvalue weighted by atomic mass is 9.92. The van der Waals surface area contributed by atoms with E-state index in [4.69, 9.17) is 34.8 Å². The summed E-state index contributed by atoms with van der Waals surface area (Å²) in [6.07, 6.45) is 0. The van der Waals surface area contributed by atoms with Crippen LogP contribution in [0.1, 0.15) is 18.1 Å². The monoisotopic (exact) mass is 439 g/mol. The summed E-state index contributed by atoms with van der Waals surface area (Å²) >= 11 is 18.0. The molecule has 1 saturated heterocycles. The summed E-state index contributed by atoms with van der Waals surface area (Å²) in [5, 5.41) is 6.48. The molecule has 0 radical (unpaired) electrons. The molecule has 6 nitrogen and oxygen atoms in total. The summed E-state index contributed by atoms with van der Waals surface area (Å²) in [5.74, 6) is -1.05. The first-order valence-corrected chi connectivity index (χ1v) is 9.45. The summed E-state index contributed by atoms with van der Waals surface area (Å²) < 4.78 is 0. The van der Waals surface area contributed by atoms with Gasteiger partial charge in [0.1, 0.15) is 12.1 Å². The van der Waals surface area contributed by atoms with Gasteiger partial charge in [0.25, 0.3) is 5.91 Å². The molecule has 1 aliphatic rings. The molecular formula is C19H16Cl3N3O3. The van der Waals surface area contributed by atoms with E-state index in [1.807, 2.05) is 0 Å². The average Bonchev–Trinajstić information content (AvgIpc) is 2.84. The molecule has 2 N–H and O–H groups in total. The summed E-state index contributed by atoms with van der Waals surface area (Å²) in [5.41, 5.74) is -0.180. The van der Waals surface area contributed by atoms with Crippen molar-refractivity contribution in [2.75, 3.05) is 6.54 Å². The molecule has 2 aromatic rings. The molecule has 1 heterocycles. The van der Waals surface area contributed by atoms with E-state index < -0.39 is 29.9 Å². The Labute approximate surface area is 176 Å². The zero-order valence-electron chi connectivity index (χ0n) is 14.8. The average molecular weight is 441 g/mol. The van der Waals surface area contributed by atoms with Gasteiger partial charge in [-0.05, 0) is 36.8 Å². The van der Waals surface area contributed by atoms with Gasteiger partial charge in [-0.3, -0.25) is 14.5 Å². The first kappa shape index (κ1) is 20.5. The molecule has 4 amide bonds. The number of urea groups is 1. The molecule has 9 heteroatoms. The second-order valence-electron chi connectivity index (χ2n) is 6.48. The predicted octanol–water partition coefficient (Wildman–Crippen LogP) is 3.73. The number of amides is 4. The van der Waals surface area contributed by atoms with Crippen molar-refractivity contribution >= 4 is 52.6 Å². The molecular weight excluding hydrogens is 425 g/mol. The third kappa shape index (κ3) is 4.09. The fraction of sp³-hybridized carbons (Fsp3) is 0.211. The minimum Gasteiger partial charge on any atom is -0.350 e. The van der Waals surface area contributed by atoms with Crippen molar-refractivity contribution < 1.29 is 14.4 Å². The van der Waals surface area contributed by atoms with Gasteiger partial charge in [-0.2, -0.15) is 0 Å². The third-order valence-corrected chi connectivity index (χ3v) is 5.21. The van der Waals surface area contributed by atoms with Crippen molar-refractivity contribution in [3.63, 3.8) is 0 Å². The SMILES string of the molecule is CC1(c2ccc(Cl)cc2Cl)NC(=O)N(CC(=O)NCc2cccc(Cl)c2)C1=O. The molecule has 0 saturated carbocycles. The highest BCUT2D eigenvalue weighted by atomic mass is 35.5. The number of benzene rings is 2. The van der Waals surface area contributed by atoms with Crippen LogP contribution in [0.15, 0.2) is 42.5 Å². The van der Waals surface area contributed by atoms with Gasteiger partial charge in [0.05, 0.1) is 0 Å². The summed E-state index contributed by atoms with van der Waals surface area (Å²) in [6.45, 7) is 1.35. The van der Waals surface area contributed by atoms with Gasteiger partial charge in [-0.15, -0.1) is 0 Å². The second kappa shape index (κ2) is 7.99. The molecule has 0 spiro atoms. The number of halogens is 3. The van der Waals surface area contributed by atoms with Gasteiger partial charge in [-0.1, -0.05) is 53.0 Å². The molecule has 2 aromatic carbocycles. The maximum atomic E-state index is 12.9. The van der Waals surface area contributed by atoms with Crippen LogP contribution in [0.25, 0.3) is 0 Å². The number of nitrogens with one attached hydrogen (secondary N) is 2. The Morgan fingerprint density at radius 2 is 1.82 bits per heavy atom. The molecule has 1 fully saturated rings. The maximum absolute atomic E-state index is 12.9. The van der Waals surface area contributed by atoms with Crippen molar-refractivity contribution in [1.29, 1.82) is 0 Å². The number of rotatable bonds is 5. The smallest absolute Gasteiger partial charge is 0.325 e. The maximum Gasteiger partial charge on any atom is 0.325 e. The van der Waals surface area contributed by atoms with Crippen LogP contribution in [-0.4, -0.2) is 29.3 Å². The molecule has 1 unspecified atom stereocenters. The summed E-state index contributed by atoms with van der Waals surface area (Å²) in [7, 11) is 0. The second-order valence-corrected chi connectivity index (χ2v) is 7.76. The van der Waals surface area contributed by atoms with Crippen LogP contribution in [0.2, 0.25) is 15.1 Å². The zero-order chi connectivity index (χ0) is 20.5. The van der Waals surface area contributed by atoms with E-state index >= 15 is 0 Å².